The van der Waals surface area contributed by atoms with Gasteiger partial charge in [-0.15, -0.1) is 0 Å². The lowest BCUT2D eigenvalue weighted by Crippen LogP contribution is -2.49. The number of amides is 2. The molecule has 1 atom stereocenters. The predicted molar refractivity (Wildman–Crippen MR) is 68.5 cm³/mol. The molecule has 0 aromatic rings. The lowest BCUT2D eigenvalue weighted by molar-refractivity contribution is -0.127. The summed E-state index contributed by atoms with van der Waals surface area (Å²) in [5.41, 5.74) is 0. The zero-order valence-corrected chi connectivity index (χ0v) is 11.5. The molecular weight excluding hydrogens is 224 g/mol. The fourth-order valence-corrected chi connectivity index (χ4v) is 1.91. The maximum absolute atomic E-state index is 11.8. The van der Waals surface area contributed by atoms with E-state index in [4.69, 9.17) is 0 Å². The molecule has 0 aliphatic rings. The average Bonchev–Trinajstić information content (AvgIpc) is 2.09. The Balaban J connectivity index is 4.29. The van der Waals surface area contributed by atoms with Gasteiger partial charge in [0.2, 0.25) is 11.8 Å². The molecule has 0 aliphatic carbocycles. The van der Waals surface area contributed by atoms with Crippen molar-refractivity contribution in [1.82, 2.24) is 10.6 Å². The summed E-state index contributed by atoms with van der Waals surface area (Å²) in [6.07, 6.45) is 0. The molecule has 0 aromatic carbocycles. The number of rotatable bonds is 6. The number of thioether (sulfide) groups is 1. The molecule has 0 fully saturated rings. The first-order chi connectivity index (χ1) is 7.32. The lowest BCUT2D eigenvalue weighted by Gasteiger charge is -2.19. The Labute approximate surface area is 102 Å². The van der Waals surface area contributed by atoms with E-state index in [1.54, 1.807) is 11.8 Å². The third-order valence-corrected chi connectivity index (χ3v) is 2.91. The third-order valence-electron chi connectivity index (χ3n) is 1.72. The third kappa shape index (κ3) is 7.56. The highest BCUT2D eigenvalue weighted by atomic mass is 32.2. The summed E-state index contributed by atoms with van der Waals surface area (Å²) in [7, 11) is 0. The highest BCUT2D eigenvalue weighted by molar-refractivity contribution is 7.99. The van der Waals surface area contributed by atoms with Crippen LogP contribution in [0.25, 0.3) is 0 Å². The van der Waals surface area contributed by atoms with Crippen molar-refractivity contribution in [3.8, 4) is 0 Å². The summed E-state index contributed by atoms with van der Waals surface area (Å²) in [5, 5.41) is 5.92. The summed E-state index contributed by atoms with van der Waals surface area (Å²) in [6.45, 7) is 9.36. The molecule has 0 aromatic heterocycles. The van der Waals surface area contributed by atoms with Crippen molar-refractivity contribution in [1.29, 1.82) is 0 Å². The van der Waals surface area contributed by atoms with Crippen LogP contribution in [0.5, 0.6) is 0 Å². The second kappa shape index (κ2) is 7.54. The topological polar surface area (TPSA) is 58.2 Å². The van der Waals surface area contributed by atoms with Gasteiger partial charge in [-0.3, -0.25) is 9.59 Å². The Morgan fingerprint density at radius 1 is 1.12 bits per heavy atom. The molecule has 0 bridgehead atoms. The van der Waals surface area contributed by atoms with Crippen molar-refractivity contribution in [3.05, 3.63) is 0 Å². The molecule has 2 N–H and O–H groups in total. The molecule has 0 saturated carbocycles. The molecule has 16 heavy (non-hydrogen) atoms. The van der Waals surface area contributed by atoms with Gasteiger partial charge in [0.25, 0.3) is 0 Å². The van der Waals surface area contributed by atoms with Crippen LogP contribution in [-0.4, -0.2) is 34.9 Å². The molecule has 0 spiro atoms. The van der Waals surface area contributed by atoms with E-state index in [1.165, 1.54) is 6.92 Å². The molecule has 0 aliphatic heterocycles. The van der Waals surface area contributed by atoms with Crippen LogP contribution in [0.15, 0.2) is 0 Å². The molecule has 0 saturated heterocycles. The molecule has 94 valence electrons. The van der Waals surface area contributed by atoms with Crippen molar-refractivity contribution in [2.75, 3.05) is 5.75 Å². The smallest absolute Gasteiger partial charge is 0.243 e. The fourth-order valence-electron chi connectivity index (χ4n) is 1.10. The predicted octanol–water partition coefficient (Wildman–Crippen LogP) is 1.16. The van der Waals surface area contributed by atoms with Gasteiger partial charge >= 0.3 is 0 Å². The first-order valence-electron chi connectivity index (χ1n) is 5.52. The van der Waals surface area contributed by atoms with Crippen molar-refractivity contribution in [2.45, 2.75) is 52.0 Å². The number of hydrogen-bond acceptors (Lipinski definition) is 3. The minimum atomic E-state index is -0.438. The fraction of sp³-hybridized carbons (Fsp3) is 0.818. The Hall–Kier alpha value is -0.710. The van der Waals surface area contributed by atoms with Crippen molar-refractivity contribution in [3.63, 3.8) is 0 Å². The molecular formula is C11H22N2O2S. The van der Waals surface area contributed by atoms with Gasteiger partial charge in [-0.25, -0.2) is 0 Å². The maximum Gasteiger partial charge on any atom is 0.243 e. The van der Waals surface area contributed by atoms with Crippen LogP contribution in [0.2, 0.25) is 0 Å². The van der Waals surface area contributed by atoms with Crippen molar-refractivity contribution < 1.29 is 9.59 Å². The van der Waals surface area contributed by atoms with E-state index in [2.05, 4.69) is 24.5 Å². The standard InChI is InChI=1S/C11H22N2O2S/c1-7(2)12-11(15)10(13-9(5)14)6-16-8(3)4/h7-8,10H,6H2,1-5H3,(H,12,15)(H,13,14). The normalized spacial score (nSPS) is 12.7. The first-order valence-corrected chi connectivity index (χ1v) is 6.57. The van der Waals surface area contributed by atoms with E-state index in [0.29, 0.717) is 11.0 Å². The monoisotopic (exact) mass is 246 g/mol. The van der Waals surface area contributed by atoms with Crippen LogP contribution in [0.1, 0.15) is 34.6 Å². The van der Waals surface area contributed by atoms with Crippen LogP contribution in [0.3, 0.4) is 0 Å². The van der Waals surface area contributed by atoms with Crippen molar-refractivity contribution >= 4 is 23.6 Å². The van der Waals surface area contributed by atoms with Crippen LogP contribution in [0, 0.1) is 0 Å². The van der Waals surface area contributed by atoms with E-state index >= 15 is 0 Å². The Morgan fingerprint density at radius 2 is 1.69 bits per heavy atom. The van der Waals surface area contributed by atoms with Gasteiger partial charge in [0.15, 0.2) is 0 Å². The molecule has 2 amide bonds. The second-order valence-corrected chi connectivity index (χ2v) is 5.91. The first kappa shape index (κ1) is 15.3. The van der Waals surface area contributed by atoms with Crippen LogP contribution < -0.4 is 10.6 Å². The summed E-state index contributed by atoms with van der Waals surface area (Å²) in [5.74, 6) is 0.321. The van der Waals surface area contributed by atoms with E-state index in [-0.39, 0.29) is 17.9 Å². The number of carbonyl (C=O) groups excluding carboxylic acids is 2. The largest absolute Gasteiger partial charge is 0.352 e. The summed E-state index contributed by atoms with van der Waals surface area (Å²) >= 11 is 1.66. The summed E-state index contributed by atoms with van der Waals surface area (Å²) in [4.78, 5) is 22.8. The Morgan fingerprint density at radius 3 is 2.06 bits per heavy atom. The average molecular weight is 246 g/mol. The molecule has 0 heterocycles. The molecule has 0 rings (SSSR count). The van der Waals surface area contributed by atoms with Gasteiger partial charge in [-0.2, -0.15) is 11.8 Å². The van der Waals surface area contributed by atoms with Crippen LogP contribution in [0.4, 0.5) is 0 Å². The van der Waals surface area contributed by atoms with Gasteiger partial charge in [-0.05, 0) is 19.1 Å². The number of nitrogens with one attached hydrogen (secondary N) is 2. The lowest BCUT2D eigenvalue weighted by atomic mass is 10.3. The minimum Gasteiger partial charge on any atom is -0.352 e. The second-order valence-electron chi connectivity index (χ2n) is 4.30. The van der Waals surface area contributed by atoms with Gasteiger partial charge in [-0.1, -0.05) is 13.8 Å². The quantitative estimate of drug-likeness (QED) is 0.739. The van der Waals surface area contributed by atoms with Crippen LogP contribution in [-0.2, 0) is 9.59 Å². The minimum absolute atomic E-state index is 0.0906. The maximum atomic E-state index is 11.8. The van der Waals surface area contributed by atoms with E-state index < -0.39 is 6.04 Å². The molecule has 1 unspecified atom stereocenters. The summed E-state index contributed by atoms with van der Waals surface area (Å²) < 4.78 is 0. The van der Waals surface area contributed by atoms with Crippen LogP contribution >= 0.6 is 11.8 Å². The van der Waals surface area contributed by atoms with Gasteiger partial charge in [0.05, 0.1) is 0 Å². The zero-order chi connectivity index (χ0) is 12.7. The van der Waals surface area contributed by atoms with E-state index in [0.717, 1.165) is 0 Å². The highest BCUT2D eigenvalue weighted by Crippen LogP contribution is 2.10. The Kier molecular flexibility index (Phi) is 7.21. The highest BCUT2D eigenvalue weighted by Gasteiger charge is 2.20. The number of hydrogen-bond donors (Lipinski definition) is 2. The Bertz CT molecular complexity index is 242. The van der Waals surface area contributed by atoms with Gasteiger partial charge in [0.1, 0.15) is 6.04 Å². The van der Waals surface area contributed by atoms with E-state index in [1.807, 2.05) is 13.8 Å². The number of carbonyl (C=O) groups is 2. The van der Waals surface area contributed by atoms with Crippen molar-refractivity contribution in [2.24, 2.45) is 0 Å². The van der Waals surface area contributed by atoms with E-state index in [9.17, 15) is 9.59 Å². The molecule has 0 radical (unpaired) electrons. The SMILES string of the molecule is CC(=O)NC(CSC(C)C)C(=O)NC(C)C. The zero-order valence-electron chi connectivity index (χ0n) is 10.7. The molecule has 4 nitrogen and oxygen atoms in total. The van der Waals surface area contributed by atoms with Gasteiger partial charge in [0, 0.05) is 18.7 Å². The summed E-state index contributed by atoms with van der Waals surface area (Å²) in [6, 6.07) is -0.347. The van der Waals surface area contributed by atoms with Gasteiger partial charge < -0.3 is 10.6 Å². The molecule has 5 heteroatoms.